The number of nitrogens with zero attached hydrogens (tertiary/aromatic N) is 2. The number of carbonyl (C=O) groups is 2. The van der Waals surface area contributed by atoms with E-state index < -0.39 is 11.9 Å². The summed E-state index contributed by atoms with van der Waals surface area (Å²) in [5, 5.41) is 14.9. The molecule has 1 rings (SSSR count). The number of rotatable bonds is 11. The Hall–Kier alpha value is -2.55. The number of nitrogens with one attached hydrogen (secondary N) is 2. The van der Waals surface area contributed by atoms with E-state index >= 15 is 0 Å². The Bertz CT molecular complexity index is 649. The molecule has 0 radical (unpaired) electrons. The number of anilines is 1. The molecule has 9 heteroatoms. The van der Waals surface area contributed by atoms with Crippen LogP contribution in [0, 0.1) is 0 Å². The van der Waals surface area contributed by atoms with Crippen LogP contribution in [0.1, 0.15) is 26.2 Å². The van der Waals surface area contributed by atoms with Crippen molar-refractivity contribution in [3.05, 3.63) is 30.4 Å². The second-order valence-electron chi connectivity index (χ2n) is 5.27. The van der Waals surface area contributed by atoms with Crippen LogP contribution in [0.2, 0.25) is 0 Å². The van der Waals surface area contributed by atoms with E-state index in [1.807, 2.05) is 25.1 Å². The molecule has 0 unspecified atom stereocenters. The number of aliphatic carboxylic acids is 1. The summed E-state index contributed by atoms with van der Waals surface area (Å²) >= 11 is 1.62. The monoisotopic (exact) mass is 379 g/mol. The maximum absolute atomic E-state index is 11.3. The second-order valence-corrected chi connectivity index (χ2v) is 6.39. The van der Waals surface area contributed by atoms with Crippen molar-refractivity contribution in [2.24, 2.45) is 10.7 Å². The Morgan fingerprint density at radius 2 is 2.15 bits per heavy atom. The summed E-state index contributed by atoms with van der Waals surface area (Å²) < 4.78 is 0. The van der Waals surface area contributed by atoms with Crippen LogP contribution < -0.4 is 16.4 Å². The molecule has 0 spiro atoms. The molecule has 0 saturated heterocycles. The van der Waals surface area contributed by atoms with Crippen molar-refractivity contribution in [2.45, 2.75) is 31.2 Å². The molecule has 142 valence electrons. The summed E-state index contributed by atoms with van der Waals surface area (Å²) in [5.41, 5.74) is 5.78. The van der Waals surface area contributed by atoms with E-state index in [1.165, 1.54) is 0 Å². The van der Waals surface area contributed by atoms with Crippen molar-refractivity contribution in [1.82, 2.24) is 10.3 Å². The van der Waals surface area contributed by atoms with Crippen LogP contribution in [-0.4, -0.2) is 46.8 Å². The van der Waals surface area contributed by atoms with E-state index in [0.29, 0.717) is 24.9 Å². The molecule has 0 aliphatic rings. The van der Waals surface area contributed by atoms with Gasteiger partial charge < -0.3 is 21.5 Å². The zero-order valence-electron chi connectivity index (χ0n) is 14.8. The highest BCUT2D eigenvalue weighted by atomic mass is 32.2. The number of carbonyl (C=O) groups excluding carboxylic acids is 1. The highest BCUT2D eigenvalue weighted by Gasteiger charge is 2.01. The van der Waals surface area contributed by atoms with Crippen LogP contribution in [0.25, 0.3) is 0 Å². The molecule has 0 aliphatic heterocycles. The van der Waals surface area contributed by atoms with Crippen LogP contribution in [0.5, 0.6) is 0 Å². The zero-order chi connectivity index (χ0) is 19.2. The first-order valence-corrected chi connectivity index (χ1v) is 9.35. The molecule has 1 aromatic heterocycles. The number of unbranched alkanes of at least 4 members (excludes halogenated alkanes) is 1. The van der Waals surface area contributed by atoms with E-state index in [0.717, 1.165) is 42.2 Å². The molecular weight excluding hydrogens is 354 g/mol. The Kier molecular flexibility index (Phi) is 10.5. The first kappa shape index (κ1) is 21.5. The van der Waals surface area contributed by atoms with Crippen molar-refractivity contribution in [3.8, 4) is 0 Å². The molecule has 1 heterocycles. The largest absolute Gasteiger partial charge is 0.478 e. The number of aliphatic imine (C=N–C) groups is 1. The Balaban J connectivity index is 2.26. The van der Waals surface area contributed by atoms with E-state index in [-0.39, 0.29) is 0 Å². The molecule has 1 aromatic rings. The number of carboxylic acid groups (broad SMARTS) is 1. The molecule has 0 bridgehead atoms. The number of nitrogens with two attached hydrogens (primary N) is 1. The Labute approximate surface area is 157 Å². The normalized spacial score (nSPS) is 11.5. The van der Waals surface area contributed by atoms with Gasteiger partial charge in [0.05, 0.1) is 5.03 Å². The van der Waals surface area contributed by atoms with Crippen molar-refractivity contribution < 1.29 is 14.7 Å². The summed E-state index contributed by atoms with van der Waals surface area (Å²) in [7, 11) is 0. The molecule has 5 N–H and O–H groups in total. The minimum atomic E-state index is -1.14. The lowest BCUT2D eigenvalue weighted by Gasteiger charge is -2.07. The van der Waals surface area contributed by atoms with Gasteiger partial charge in [-0.25, -0.2) is 9.78 Å². The van der Waals surface area contributed by atoms with Gasteiger partial charge in [0.25, 0.3) is 0 Å². The average molecular weight is 379 g/mol. The van der Waals surface area contributed by atoms with Crippen molar-refractivity contribution in [2.75, 3.05) is 24.2 Å². The predicted octanol–water partition coefficient (Wildman–Crippen LogP) is 1.85. The van der Waals surface area contributed by atoms with Gasteiger partial charge in [-0.1, -0.05) is 13.0 Å². The molecule has 26 heavy (non-hydrogen) atoms. The molecule has 0 saturated carbocycles. The number of guanidine groups is 1. The molecule has 0 aliphatic carbocycles. The molecule has 8 nitrogen and oxygen atoms in total. The highest BCUT2D eigenvalue weighted by molar-refractivity contribution is 7.99. The lowest BCUT2D eigenvalue weighted by molar-refractivity contribution is -0.131. The number of amides is 1. The summed E-state index contributed by atoms with van der Waals surface area (Å²) in [4.78, 5) is 30.2. The first-order valence-electron chi connectivity index (χ1n) is 8.37. The van der Waals surface area contributed by atoms with Crippen LogP contribution in [-0.2, 0) is 9.59 Å². The van der Waals surface area contributed by atoms with Gasteiger partial charge in [0.15, 0.2) is 5.96 Å². The molecule has 0 aromatic carbocycles. The minimum absolute atomic E-state index is 0.356. The van der Waals surface area contributed by atoms with E-state index in [4.69, 9.17) is 10.8 Å². The SMILES string of the molecule is CCCN=C(N)Nc1cccc(SCCCCNC(=O)/C=C\C(=O)O)n1. The predicted molar refractivity (Wildman–Crippen MR) is 104 cm³/mol. The van der Waals surface area contributed by atoms with E-state index in [2.05, 4.69) is 20.6 Å². The standard InChI is InChI=1S/C17H25N5O3S/c1-2-10-20-17(18)22-13-6-5-7-15(21-13)26-12-4-3-11-19-14(23)8-9-16(24)25/h5-9H,2-4,10-12H2,1H3,(H,19,23)(H,24,25)(H3,18,20,21,22)/b9-8-. The quantitative estimate of drug-likeness (QED) is 0.152. The summed E-state index contributed by atoms with van der Waals surface area (Å²) in [6, 6.07) is 5.66. The molecule has 1 amide bonds. The Morgan fingerprint density at radius 1 is 1.35 bits per heavy atom. The topological polar surface area (TPSA) is 130 Å². The maximum atomic E-state index is 11.3. The van der Waals surface area contributed by atoms with Gasteiger partial charge in [0.2, 0.25) is 5.91 Å². The van der Waals surface area contributed by atoms with Crippen LogP contribution in [0.15, 0.2) is 40.4 Å². The number of hydrogen-bond donors (Lipinski definition) is 4. The number of hydrogen-bond acceptors (Lipinski definition) is 5. The van der Waals surface area contributed by atoms with Gasteiger partial charge >= 0.3 is 5.97 Å². The van der Waals surface area contributed by atoms with Crippen LogP contribution in [0.4, 0.5) is 5.82 Å². The van der Waals surface area contributed by atoms with Gasteiger partial charge in [-0.3, -0.25) is 9.79 Å². The van der Waals surface area contributed by atoms with Crippen molar-refractivity contribution in [1.29, 1.82) is 0 Å². The first-order chi connectivity index (χ1) is 12.5. The fourth-order valence-electron chi connectivity index (χ4n) is 1.79. The molecule has 0 fully saturated rings. The third-order valence-corrected chi connectivity index (χ3v) is 4.00. The Morgan fingerprint density at radius 3 is 2.88 bits per heavy atom. The van der Waals surface area contributed by atoms with Crippen LogP contribution >= 0.6 is 11.8 Å². The number of aromatic nitrogens is 1. The highest BCUT2D eigenvalue weighted by Crippen LogP contribution is 2.18. The number of thioether (sulfide) groups is 1. The van der Waals surface area contributed by atoms with Gasteiger partial charge in [-0.2, -0.15) is 0 Å². The summed E-state index contributed by atoms with van der Waals surface area (Å²) in [5.74, 6) is 0.331. The number of pyridine rings is 1. The average Bonchev–Trinajstić information content (AvgIpc) is 2.61. The lowest BCUT2D eigenvalue weighted by Crippen LogP contribution is -2.23. The fraction of sp³-hybridized carbons (Fsp3) is 0.412. The maximum Gasteiger partial charge on any atom is 0.328 e. The molecule has 0 atom stereocenters. The number of carboxylic acids is 1. The third-order valence-electron chi connectivity index (χ3n) is 2.98. The van der Waals surface area contributed by atoms with Crippen molar-refractivity contribution in [3.63, 3.8) is 0 Å². The minimum Gasteiger partial charge on any atom is -0.478 e. The van der Waals surface area contributed by atoms with Crippen molar-refractivity contribution >= 4 is 35.4 Å². The van der Waals surface area contributed by atoms with Gasteiger partial charge in [0.1, 0.15) is 5.82 Å². The van der Waals surface area contributed by atoms with Crippen LogP contribution in [0.3, 0.4) is 0 Å². The van der Waals surface area contributed by atoms with Gasteiger partial charge in [-0.05, 0) is 37.1 Å². The lowest BCUT2D eigenvalue weighted by atomic mass is 10.3. The third kappa shape index (κ3) is 10.3. The summed E-state index contributed by atoms with van der Waals surface area (Å²) in [6.07, 6.45) is 4.45. The van der Waals surface area contributed by atoms with Gasteiger partial charge in [-0.15, -0.1) is 11.8 Å². The van der Waals surface area contributed by atoms with Gasteiger partial charge in [0, 0.05) is 25.2 Å². The van der Waals surface area contributed by atoms with E-state index in [1.54, 1.807) is 11.8 Å². The molecular formula is C17H25N5O3S. The van der Waals surface area contributed by atoms with E-state index in [9.17, 15) is 9.59 Å². The zero-order valence-corrected chi connectivity index (χ0v) is 15.6. The second kappa shape index (κ2) is 12.8. The fourth-order valence-corrected chi connectivity index (χ4v) is 2.68. The summed E-state index contributed by atoms with van der Waals surface area (Å²) in [6.45, 7) is 3.21. The smallest absolute Gasteiger partial charge is 0.328 e.